The number of carbonyl (C=O) groups excluding carboxylic acids is 2. The number of thiazole rings is 1. The molecule has 5 rings (SSSR count). The fourth-order valence-electron chi connectivity index (χ4n) is 5.75. The SMILES string of the molecule is Cc1csc(C2CCCN2C(=O)c2cc(C(=O)NC(Cc3ccccc3)C(O)C3CCCN3)cc(N(C)S(=O)[O-])c2)n1. The number of hydrogen-bond donors (Lipinski definition) is 3. The number of aliphatic hydroxyl groups excluding tert-OH is 1. The Morgan fingerprint density at radius 1 is 1.21 bits per heavy atom. The van der Waals surface area contributed by atoms with E-state index < -0.39 is 29.3 Å². The largest absolute Gasteiger partial charge is 0.755 e. The fraction of sp³-hybridized carbons (Fsp3) is 0.433. The monoisotopic (exact) mass is 610 g/mol. The maximum absolute atomic E-state index is 13.9. The minimum atomic E-state index is -2.62. The number of rotatable bonds is 10. The molecule has 2 saturated heterocycles. The minimum Gasteiger partial charge on any atom is -0.755 e. The molecule has 2 aromatic carbocycles. The van der Waals surface area contributed by atoms with E-state index in [0.29, 0.717) is 13.0 Å². The number of anilines is 1. The van der Waals surface area contributed by atoms with Crippen LogP contribution in [0.25, 0.3) is 0 Å². The van der Waals surface area contributed by atoms with E-state index in [0.717, 1.165) is 52.8 Å². The number of nitrogens with one attached hydrogen (secondary N) is 2. The lowest BCUT2D eigenvalue weighted by Gasteiger charge is -2.29. The van der Waals surface area contributed by atoms with E-state index in [9.17, 15) is 23.5 Å². The van der Waals surface area contributed by atoms with Crippen molar-refractivity contribution >= 4 is 40.1 Å². The molecule has 3 aromatic rings. The molecule has 3 N–H and O–H groups in total. The quantitative estimate of drug-likeness (QED) is 0.300. The Morgan fingerprint density at radius 3 is 2.64 bits per heavy atom. The van der Waals surface area contributed by atoms with E-state index in [1.54, 1.807) is 4.90 Å². The number of aromatic nitrogens is 1. The Balaban J connectivity index is 1.44. The highest BCUT2D eigenvalue weighted by Gasteiger charge is 2.34. The Hall–Kier alpha value is -3.16. The highest BCUT2D eigenvalue weighted by atomic mass is 32.2. The van der Waals surface area contributed by atoms with Gasteiger partial charge < -0.3 is 29.5 Å². The molecular formula is C30H36N5O5S2-. The van der Waals surface area contributed by atoms with Crippen LogP contribution in [0.1, 0.15) is 68.7 Å². The normalized spacial score (nSPS) is 20.7. The van der Waals surface area contributed by atoms with Crippen LogP contribution in [0.3, 0.4) is 0 Å². The predicted octanol–water partition coefficient (Wildman–Crippen LogP) is 3.11. The molecule has 0 spiro atoms. The summed E-state index contributed by atoms with van der Waals surface area (Å²) in [6, 6.07) is 13.1. The standard InChI is InChI=1S/C30H37N5O5S2/c1-19-18-41-29(32-19)26-11-7-13-35(26)30(38)22-15-21(16-23(17-22)34(2)42(39)40)28(37)33-25(14-20-8-4-3-5-9-20)27(36)24-10-6-12-31-24/h3-5,8-9,15-18,24-27,31,36H,6-7,10-14H2,1-2H3,(H,33,37)(H,39,40)/p-1. The van der Waals surface area contributed by atoms with Gasteiger partial charge in [0, 0.05) is 58.8 Å². The van der Waals surface area contributed by atoms with Crippen molar-refractivity contribution in [2.75, 3.05) is 24.4 Å². The van der Waals surface area contributed by atoms with Crippen molar-refractivity contribution < 1.29 is 23.5 Å². The molecule has 2 fully saturated rings. The summed E-state index contributed by atoms with van der Waals surface area (Å²) in [6.45, 7) is 3.26. The first kappa shape index (κ1) is 30.3. The summed E-state index contributed by atoms with van der Waals surface area (Å²) in [5.41, 5.74) is 2.41. The Bertz CT molecular complexity index is 1430. The maximum atomic E-state index is 13.9. The van der Waals surface area contributed by atoms with Gasteiger partial charge in [0.25, 0.3) is 11.8 Å². The Morgan fingerprint density at radius 2 is 1.98 bits per heavy atom. The number of amides is 2. The molecular weight excluding hydrogens is 574 g/mol. The van der Waals surface area contributed by atoms with Crippen molar-refractivity contribution in [3.8, 4) is 0 Å². The molecule has 2 aliphatic heterocycles. The van der Waals surface area contributed by atoms with Gasteiger partial charge in [0.15, 0.2) is 0 Å². The molecule has 0 bridgehead atoms. The third-order valence-electron chi connectivity index (χ3n) is 7.99. The lowest BCUT2D eigenvalue weighted by molar-refractivity contribution is 0.0733. The average molecular weight is 611 g/mol. The van der Waals surface area contributed by atoms with E-state index >= 15 is 0 Å². The molecule has 5 unspecified atom stereocenters. The Labute approximate surface area is 252 Å². The first-order chi connectivity index (χ1) is 20.2. The van der Waals surface area contributed by atoms with Crippen molar-refractivity contribution in [1.82, 2.24) is 20.5 Å². The second kappa shape index (κ2) is 13.4. The average Bonchev–Trinajstić information content (AvgIpc) is 3.78. The van der Waals surface area contributed by atoms with Crippen LogP contribution in [0.5, 0.6) is 0 Å². The van der Waals surface area contributed by atoms with Crippen molar-refractivity contribution in [2.24, 2.45) is 0 Å². The highest BCUT2D eigenvalue weighted by molar-refractivity contribution is 7.80. The molecule has 0 saturated carbocycles. The summed E-state index contributed by atoms with van der Waals surface area (Å²) >= 11 is -1.10. The molecule has 1 aromatic heterocycles. The van der Waals surface area contributed by atoms with Gasteiger partial charge in [-0.1, -0.05) is 30.3 Å². The van der Waals surface area contributed by atoms with Gasteiger partial charge in [0.1, 0.15) is 5.01 Å². The summed E-state index contributed by atoms with van der Waals surface area (Å²) in [7, 11) is 1.36. The van der Waals surface area contributed by atoms with Crippen molar-refractivity contribution in [2.45, 2.75) is 63.3 Å². The van der Waals surface area contributed by atoms with Gasteiger partial charge in [-0.15, -0.1) is 11.3 Å². The smallest absolute Gasteiger partial charge is 0.254 e. The molecule has 2 aliphatic rings. The molecule has 224 valence electrons. The van der Waals surface area contributed by atoms with Gasteiger partial charge in [0.05, 0.1) is 18.2 Å². The number of aliphatic hydroxyl groups is 1. The number of hydrogen-bond acceptors (Lipinski definition) is 8. The first-order valence-electron chi connectivity index (χ1n) is 14.2. The highest BCUT2D eigenvalue weighted by Crippen LogP contribution is 2.35. The molecule has 5 atom stereocenters. The van der Waals surface area contributed by atoms with Crippen LogP contribution < -0.4 is 14.9 Å². The number of carbonyl (C=O) groups is 2. The van der Waals surface area contributed by atoms with Gasteiger partial charge in [-0.2, -0.15) is 0 Å². The third kappa shape index (κ3) is 6.90. The minimum absolute atomic E-state index is 0.138. The van der Waals surface area contributed by atoms with Crippen molar-refractivity contribution in [3.63, 3.8) is 0 Å². The lowest BCUT2D eigenvalue weighted by atomic mass is 9.95. The molecule has 10 nitrogen and oxygen atoms in total. The molecule has 2 amide bonds. The van der Waals surface area contributed by atoms with E-state index in [1.807, 2.05) is 42.6 Å². The Kier molecular flexibility index (Phi) is 9.69. The van der Waals surface area contributed by atoms with E-state index in [-0.39, 0.29) is 34.8 Å². The van der Waals surface area contributed by atoms with Crippen LogP contribution in [0, 0.1) is 6.92 Å². The van der Waals surface area contributed by atoms with Gasteiger partial charge >= 0.3 is 0 Å². The summed E-state index contributed by atoms with van der Waals surface area (Å²) in [4.78, 5) is 33.9. The number of likely N-dealkylation sites (tertiary alicyclic amines) is 1. The zero-order valence-electron chi connectivity index (χ0n) is 23.7. The van der Waals surface area contributed by atoms with Gasteiger partial charge in [-0.05, 0) is 69.3 Å². The van der Waals surface area contributed by atoms with E-state index in [2.05, 4.69) is 15.6 Å². The summed E-state index contributed by atoms with van der Waals surface area (Å²) in [5.74, 6) is -0.787. The van der Waals surface area contributed by atoms with E-state index in [4.69, 9.17) is 0 Å². The number of benzene rings is 2. The second-order valence-corrected chi connectivity index (χ2v) is 12.8. The molecule has 0 aliphatic carbocycles. The van der Waals surface area contributed by atoms with Gasteiger partial charge in [-0.3, -0.25) is 13.8 Å². The van der Waals surface area contributed by atoms with Crippen LogP contribution in [0.15, 0.2) is 53.9 Å². The second-order valence-electron chi connectivity index (χ2n) is 10.9. The molecule has 42 heavy (non-hydrogen) atoms. The zero-order chi connectivity index (χ0) is 29.8. The summed E-state index contributed by atoms with van der Waals surface area (Å²) < 4.78 is 24.7. The summed E-state index contributed by atoms with van der Waals surface area (Å²) in [6.07, 6.45) is 2.91. The van der Waals surface area contributed by atoms with Gasteiger partial charge in [0.2, 0.25) is 0 Å². The molecule has 12 heteroatoms. The molecule has 3 heterocycles. The number of nitrogens with zero attached hydrogens (tertiary/aromatic N) is 3. The topological polar surface area (TPSA) is 138 Å². The van der Waals surface area contributed by atoms with Crippen LogP contribution in [-0.4, -0.2) is 73.9 Å². The maximum Gasteiger partial charge on any atom is 0.254 e. The fourth-order valence-corrected chi connectivity index (χ4v) is 6.97. The van der Waals surface area contributed by atoms with Crippen molar-refractivity contribution in [3.05, 3.63) is 81.3 Å². The van der Waals surface area contributed by atoms with Crippen molar-refractivity contribution in [1.29, 1.82) is 0 Å². The van der Waals surface area contributed by atoms with Crippen LogP contribution in [0.2, 0.25) is 0 Å². The summed E-state index contributed by atoms with van der Waals surface area (Å²) in [5, 5.41) is 20.4. The van der Waals surface area contributed by atoms with Crippen LogP contribution >= 0.6 is 11.3 Å². The van der Waals surface area contributed by atoms with Crippen LogP contribution in [-0.2, 0) is 17.7 Å². The first-order valence-corrected chi connectivity index (χ1v) is 16.1. The van der Waals surface area contributed by atoms with Crippen LogP contribution in [0.4, 0.5) is 5.69 Å². The van der Waals surface area contributed by atoms with Gasteiger partial charge in [-0.25, -0.2) is 4.98 Å². The molecule has 0 radical (unpaired) electrons. The van der Waals surface area contributed by atoms with E-state index in [1.165, 1.54) is 36.6 Å². The predicted molar refractivity (Wildman–Crippen MR) is 162 cm³/mol. The third-order valence-corrected chi connectivity index (χ3v) is 9.71. The number of aryl methyl sites for hydroxylation is 1. The lowest BCUT2D eigenvalue weighted by Crippen LogP contribution is -2.52. The zero-order valence-corrected chi connectivity index (χ0v) is 25.3.